The zero-order valence-corrected chi connectivity index (χ0v) is 12.0. The lowest BCUT2D eigenvalue weighted by Crippen LogP contribution is -2.01. The van der Waals surface area contributed by atoms with E-state index in [2.05, 4.69) is 25.6 Å². The number of benzene rings is 1. The summed E-state index contributed by atoms with van der Waals surface area (Å²) in [6.07, 6.45) is 0.467. The highest BCUT2D eigenvalue weighted by Crippen LogP contribution is 2.23. The minimum Gasteiger partial charge on any atom is -0.438 e. The van der Waals surface area contributed by atoms with Crippen LogP contribution in [-0.2, 0) is 0 Å². The molecule has 0 atom stereocenters. The average Bonchev–Trinajstić information content (AvgIpc) is 3.24. The average molecular weight is 329 g/mol. The van der Waals surface area contributed by atoms with Crippen LogP contribution >= 0.6 is 0 Å². The van der Waals surface area contributed by atoms with Gasteiger partial charge in [0.15, 0.2) is 5.65 Å². The lowest BCUT2D eigenvalue weighted by molar-refractivity contribution is 0.137. The Balaban J connectivity index is 1.67. The molecule has 0 radical (unpaired) electrons. The van der Waals surface area contributed by atoms with Crippen LogP contribution < -0.4 is 4.74 Å². The lowest BCUT2D eigenvalue weighted by atomic mass is 10.3. The number of ether oxygens (including phenoxy) is 1. The molecule has 0 spiro atoms. The minimum absolute atomic E-state index is 0.139. The maximum atomic E-state index is 12.9. The quantitative estimate of drug-likeness (QED) is 0.572. The van der Waals surface area contributed by atoms with Crippen LogP contribution in [0.2, 0.25) is 0 Å². The Bertz CT molecular complexity index is 984. The molecular weight excluding hydrogens is 320 g/mol. The molecule has 0 fully saturated rings. The number of halogens is 2. The number of aromatic nitrogens is 7. The van der Waals surface area contributed by atoms with E-state index in [1.54, 1.807) is 35.3 Å². The molecule has 0 aliphatic rings. The van der Waals surface area contributed by atoms with Gasteiger partial charge in [0.05, 0.1) is 18.1 Å². The molecule has 3 heterocycles. The predicted molar refractivity (Wildman–Crippen MR) is 77.2 cm³/mol. The number of rotatable bonds is 4. The molecule has 0 amide bonds. The van der Waals surface area contributed by atoms with Crippen molar-refractivity contribution in [1.82, 2.24) is 34.8 Å². The van der Waals surface area contributed by atoms with Crippen LogP contribution in [0.3, 0.4) is 0 Å². The molecule has 0 aliphatic carbocycles. The summed E-state index contributed by atoms with van der Waals surface area (Å²) >= 11 is 0. The van der Waals surface area contributed by atoms with Gasteiger partial charge in [-0.3, -0.25) is 0 Å². The second kappa shape index (κ2) is 5.65. The normalized spacial score (nSPS) is 11.3. The van der Waals surface area contributed by atoms with Crippen molar-refractivity contribution < 1.29 is 13.5 Å². The van der Waals surface area contributed by atoms with Gasteiger partial charge in [0.2, 0.25) is 11.7 Å². The Kier molecular flexibility index (Phi) is 3.34. The van der Waals surface area contributed by atoms with Crippen molar-refractivity contribution in [1.29, 1.82) is 0 Å². The van der Waals surface area contributed by atoms with Gasteiger partial charge in [-0.1, -0.05) is 11.3 Å². The number of fused-ring (bicyclic) bond motifs is 1. The minimum atomic E-state index is -2.78. The van der Waals surface area contributed by atoms with Crippen LogP contribution in [0.1, 0.15) is 12.2 Å². The Hall–Kier alpha value is -3.43. The van der Waals surface area contributed by atoms with Crippen molar-refractivity contribution in [2.75, 3.05) is 0 Å². The molecule has 3 aromatic heterocycles. The van der Waals surface area contributed by atoms with Gasteiger partial charge in [-0.15, -0.1) is 20.4 Å². The standard InChI is InChI=1S/C14H9F2N7O/c15-13(16)14-19-18-11-4-5-12(20-23(11)14)24-10-3-1-2-9(8-10)22-7-6-17-21-22/h1-8,13H. The Morgan fingerprint density at radius 3 is 2.79 bits per heavy atom. The molecule has 0 aliphatic heterocycles. The first-order chi connectivity index (χ1) is 11.7. The Morgan fingerprint density at radius 2 is 2.00 bits per heavy atom. The zero-order valence-electron chi connectivity index (χ0n) is 12.0. The van der Waals surface area contributed by atoms with E-state index < -0.39 is 12.2 Å². The van der Waals surface area contributed by atoms with E-state index in [0.717, 1.165) is 10.2 Å². The predicted octanol–water partition coefficient (Wildman–Crippen LogP) is 2.43. The van der Waals surface area contributed by atoms with E-state index in [1.165, 1.54) is 12.1 Å². The molecular formula is C14H9F2N7O. The van der Waals surface area contributed by atoms with Gasteiger partial charge in [0.25, 0.3) is 6.43 Å². The van der Waals surface area contributed by atoms with Crippen molar-refractivity contribution in [3.8, 4) is 17.3 Å². The van der Waals surface area contributed by atoms with Gasteiger partial charge in [0, 0.05) is 12.1 Å². The van der Waals surface area contributed by atoms with Gasteiger partial charge in [0.1, 0.15) is 5.75 Å². The van der Waals surface area contributed by atoms with Crippen LogP contribution in [0.15, 0.2) is 48.8 Å². The molecule has 0 bridgehead atoms. The SMILES string of the molecule is FC(F)c1nnc2ccc(Oc3cccc(-n4ccnn4)c3)nn12. The van der Waals surface area contributed by atoms with Crippen LogP contribution in [0.4, 0.5) is 8.78 Å². The summed E-state index contributed by atoms with van der Waals surface area (Å²) in [5.41, 5.74) is 0.956. The monoisotopic (exact) mass is 329 g/mol. The maximum Gasteiger partial charge on any atom is 0.299 e. The van der Waals surface area contributed by atoms with Crippen molar-refractivity contribution in [2.45, 2.75) is 6.43 Å². The van der Waals surface area contributed by atoms with E-state index in [9.17, 15) is 8.78 Å². The van der Waals surface area contributed by atoms with Gasteiger partial charge in [-0.25, -0.2) is 13.5 Å². The Morgan fingerprint density at radius 1 is 1.08 bits per heavy atom. The van der Waals surface area contributed by atoms with E-state index >= 15 is 0 Å². The van der Waals surface area contributed by atoms with Crippen LogP contribution in [0.25, 0.3) is 11.3 Å². The largest absolute Gasteiger partial charge is 0.438 e. The third-order valence-electron chi connectivity index (χ3n) is 3.18. The third kappa shape index (κ3) is 2.53. The van der Waals surface area contributed by atoms with Gasteiger partial charge in [-0.2, -0.15) is 4.52 Å². The number of nitrogens with zero attached hydrogens (tertiary/aromatic N) is 7. The fourth-order valence-corrected chi connectivity index (χ4v) is 2.14. The van der Waals surface area contributed by atoms with E-state index in [4.69, 9.17) is 4.74 Å². The summed E-state index contributed by atoms with van der Waals surface area (Å²) in [4.78, 5) is 0. The highest BCUT2D eigenvalue weighted by molar-refractivity contribution is 5.41. The van der Waals surface area contributed by atoms with Crippen molar-refractivity contribution in [3.05, 3.63) is 54.6 Å². The molecule has 120 valence electrons. The first-order valence-corrected chi connectivity index (χ1v) is 6.86. The smallest absolute Gasteiger partial charge is 0.299 e. The summed E-state index contributed by atoms with van der Waals surface area (Å²) < 4.78 is 33.9. The van der Waals surface area contributed by atoms with Crippen LogP contribution in [0, 0.1) is 0 Å². The lowest BCUT2D eigenvalue weighted by Gasteiger charge is -2.07. The third-order valence-corrected chi connectivity index (χ3v) is 3.18. The molecule has 8 nitrogen and oxygen atoms in total. The van der Waals surface area contributed by atoms with E-state index in [-0.39, 0.29) is 11.5 Å². The highest BCUT2D eigenvalue weighted by Gasteiger charge is 2.17. The maximum absolute atomic E-state index is 12.9. The zero-order chi connectivity index (χ0) is 16.5. The topological polar surface area (TPSA) is 83.0 Å². The first-order valence-electron chi connectivity index (χ1n) is 6.86. The summed E-state index contributed by atoms with van der Waals surface area (Å²) in [5, 5.41) is 18.7. The van der Waals surface area contributed by atoms with E-state index in [1.807, 2.05) is 6.07 Å². The van der Waals surface area contributed by atoms with Gasteiger partial charge >= 0.3 is 0 Å². The number of alkyl halides is 2. The molecule has 0 saturated heterocycles. The van der Waals surface area contributed by atoms with Crippen LogP contribution in [0.5, 0.6) is 11.6 Å². The summed E-state index contributed by atoms with van der Waals surface area (Å²) in [7, 11) is 0. The molecule has 24 heavy (non-hydrogen) atoms. The molecule has 10 heteroatoms. The molecule has 0 unspecified atom stereocenters. The molecule has 0 saturated carbocycles. The molecule has 0 N–H and O–H groups in total. The van der Waals surface area contributed by atoms with Crippen molar-refractivity contribution in [3.63, 3.8) is 0 Å². The first kappa shape index (κ1) is 14.2. The van der Waals surface area contributed by atoms with Crippen molar-refractivity contribution >= 4 is 5.65 Å². The van der Waals surface area contributed by atoms with Gasteiger partial charge in [-0.05, 0) is 18.2 Å². The summed E-state index contributed by atoms with van der Waals surface area (Å²) in [5.74, 6) is 0.0771. The Labute approximate surface area is 133 Å². The summed E-state index contributed by atoms with van der Waals surface area (Å²) in [6, 6.07) is 10.1. The van der Waals surface area contributed by atoms with Gasteiger partial charge < -0.3 is 4.74 Å². The molecule has 4 aromatic rings. The van der Waals surface area contributed by atoms with Crippen molar-refractivity contribution in [2.24, 2.45) is 0 Å². The van der Waals surface area contributed by atoms with Crippen LogP contribution in [-0.4, -0.2) is 34.8 Å². The molecule has 4 rings (SSSR count). The summed E-state index contributed by atoms with van der Waals surface area (Å²) in [6.45, 7) is 0. The van der Waals surface area contributed by atoms with E-state index in [0.29, 0.717) is 5.75 Å². The number of hydrogen-bond donors (Lipinski definition) is 0. The highest BCUT2D eigenvalue weighted by atomic mass is 19.3. The second-order valence-electron chi connectivity index (χ2n) is 4.75. The fourth-order valence-electron chi connectivity index (χ4n) is 2.14. The number of hydrogen-bond acceptors (Lipinski definition) is 6. The fraction of sp³-hybridized carbons (Fsp3) is 0.0714. The second-order valence-corrected chi connectivity index (χ2v) is 4.75. The molecule has 1 aromatic carbocycles.